The van der Waals surface area contributed by atoms with Gasteiger partial charge in [0.25, 0.3) is 0 Å². The number of ether oxygens (including phenoxy) is 2. The summed E-state index contributed by atoms with van der Waals surface area (Å²) in [7, 11) is 3.08. The van der Waals surface area contributed by atoms with Crippen LogP contribution in [0.4, 0.5) is 11.5 Å². The number of hydrogen-bond acceptors (Lipinski definition) is 5. The molecule has 0 amide bonds. The van der Waals surface area contributed by atoms with Crippen molar-refractivity contribution < 1.29 is 19.4 Å². The first-order chi connectivity index (χ1) is 10.0. The summed E-state index contributed by atoms with van der Waals surface area (Å²) in [6, 6.07) is 7.84. The molecule has 6 nitrogen and oxygen atoms in total. The number of pyridine rings is 1. The molecule has 0 spiro atoms. The van der Waals surface area contributed by atoms with E-state index in [0.717, 1.165) is 0 Å². The number of carboxylic acids is 1. The molecule has 0 aliphatic carbocycles. The largest absolute Gasteiger partial charge is 0.497 e. The predicted molar refractivity (Wildman–Crippen MR) is 79.0 cm³/mol. The highest BCUT2D eigenvalue weighted by Gasteiger charge is 2.10. The number of hydrogen-bond donors (Lipinski definition) is 2. The summed E-state index contributed by atoms with van der Waals surface area (Å²) < 4.78 is 10.4. The predicted octanol–water partition coefficient (Wildman–Crippen LogP) is 3.19. The van der Waals surface area contributed by atoms with Crippen LogP contribution in [0.25, 0.3) is 0 Å². The van der Waals surface area contributed by atoms with Crippen LogP contribution < -0.4 is 14.8 Å². The van der Waals surface area contributed by atoms with Gasteiger partial charge in [-0.05, 0) is 24.3 Å². The highest BCUT2D eigenvalue weighted by atomic mass is 35.5. The summed E-state index contributed by atoms with van der Waals surface area (Å²) in [6.07, 6.45) is 0. The summed E-state index contributed by atoms with van der Waals surface area (Å²) in [5.41, 5.74) is 0.627. The molecular weight excluding hydrogens is 296 g/mol. The first-order valence-electron chi connectivity index (χ1n) is 5.93. The third-order valence-electron chi connectivity index (χ3n) is 2.71. The minimum atomic E-state index is -1.08. The second-order valence-electron chi connectivity index (χ2n) is 4.06. The number of benzene rings is 1. The van der Waals surface area contributed by atoms with Crippen molar-refractivity contribution in [3.8, 4) is 11.5 Å². The molecule has 0 radical (unpaired) electrons. The van der Waals surface area contributed by atoms with E-state index in [2.05, 4.69) is 10.3 Å². The molecule has 0 fully saturated rings. The number of aromatic nitrogens is 1. The molecule has 0 saturated heterocycles. The van der Waals surface area contributed by atoms with Gasteiger partial charge < -0.3 is 19.9 Å². The fraction of sp³-hybridized carbons (Fsp3) is 0.143. The Bertz CT molecular complexity index is 676. The molecule has 0 unspecified atom stereocenters. The average Bonchev–Trinajstić information content (AvgIpc) is 2.46. The Labute approximate surface area is 126 Å². The van der Waals surface area contributed by atoms with Crippen molar-refractivity contribution in [2.24, 2.45) is 0 Å². The smallest absolute Gasteiger partial charge is 0.335 e. The van der Waals surface area contributed by atoms with Crippen LogP contribution in [0, 0.1) is 0 Å². The van der Waals surface area contributed by atoms with E-state index in [-0.39, 0.29) is 10.7 Å². The van der Waals surface area contributed by atoms with E-state index in [0.29, 0.717) is 23.0 Å². The normalized spacial score (nSPS) is 10.0. The second-order valence-corrected chi connectivity index (χ2v) is 4.45. The quantitative estimate of drug-likeness (QED) is 0.826. The number of aromatic carboxylic acids is 1. The zero-order chi connectivity index (χ0) is 15.4. The fourth-order valence-electron chi connectivity index (χ4n) is 1.73. The Morgan fingerprint density at radius 1 is 1.24 bits per heavy atom. The van der Waals surface area contributed by atoms with Crippen molar-refractivity contribution >= 4 is 29.1 Å². The number of halogens is 1. The molecule has 21 heavy (non-hydrogen) atoms. The van der Waals surface area contributed by atoms with Crippen molar-refractivity contribution in [3.05, 3.63) is 41.0 Å². The van der Waals surface area contributed by atoms with Gasteiger partial charge in [0.1, 0.15) is 22.5 Å². The number of rotatable bonds is 5. The van der Waals surface area contributed by atoms with Gasteiger partial charge in [-0.25, -0.2) is 9.78 Å². The standard InChI is InChI=1S/C14H13ClN2O4/c1-20-9-3-4-11(21-2)10(7-9)16-13-6-8(14(18)19)5-12(15)17-13/h3-7H,1-2H3,(H,16,17)(H,18,19). The maximum absolute atomic E-state index is 11.0. The minimum Gasteiger partial charge on any atom is -0.497 e. The number of carbonyl (C=O) groups is 1. The summed E-state index contributed by atoms with van der Waals surface area (Å²) in [4.78, 5) is 15.1. The molecule has 2 N–H and O–H groups in total. The van der Waals surface area contributed by atoms with E-state index in [4.69, 9.17) is 26.2 Å². The van der Waals surface area contributed by atoms with Crippen LogP contribution in [0.2, 0.25) is 5.15 Å². The molecule has 2 rings (SSSR count). The summed E-state index contributed by atoms with van der Waals surface area (Å²) in [5, 5.41) is 12.1. The van der Waals surface area contributed by atoms with Gasteiger partial charge in [0.15, 0.2) is 0 Å². The van der Waals surface area contributed by atoms with Gasteiger partial charge in [0.05, 0.1) is 25.5 Å². The first kappa shape index (κ1) is 14.9. The molecule has 0 bridgehead atoms. The monoisotopic (exact) mass is 308 g/mol. The van der Waals surface area contributed by atoms with Crippen LogP contribution in [0.5, 0.6) is 11.5 Å². The maximum atomic E-state index is 11.0. The summed E-state index contributed by atoms with van der Waals surface area (Å²) in [5.74, 6) is 0.402. The zero-order valence-corrected chi connectivity index (χ0v) is 12.1. The van der Waals surface area contributed by atoms with E-state index in [1.54, 1.807) is 25.3 Å². The SMILES string of the molecule is COc1ccc(OC)c(Nc2cc(C(=O)O)cc(Cl)n2)c1. The topological polar surface area (TPSA) is 80.7 Å². The lowest BCUT2D eigenvalue weighted by Gasteiger charge is -2.12. The first-order valence-corrected chi connectivity index (χ1v) is 6.31. The maximum Gasteiger partial charge on any atom is 0.335 e. The molecular formula is C14H13ClN2O4. The Balaban J connectivity index is 2.39. The van der Waals surface area contributed by atoms with Crippen molar-refractivity contribution in [3.63, 3.8) is 0 Å². The molecule has 1 aromatic heterocycles. The molecule has 0 aliphatic rings. The van der Waals surface area contributed by atoms with Crippen molar-refractivity contribution in [1.82, 2.24) is 4.98 Å². The van der Waals surface area contributed by atoms with Crippen molar-refractivity contribution in [2.75, 3.05) is 19.5 Å². The summed E-state index contributed by atoms with van der Waals surface area (Å²) in [6.45, 7) is 0. The number of anilines is 2. The second kappa shape index (κ2) is 6.32. The molecule has 0 saturated carbocycles. The Morgan fingerprint density at radius 2 is 2.00 bits per heavy atom. The highest BCUT2D eigenvalue weighted by molar-refractivity contribution is 6.29. The Hall–Kier alpha value is -2.47. The third-order valence-corrected chi connectivity index (χ3v) is 2.90. The lowest BCUT2D eigenvalue weighted by Crippen LogP contribution is -2.02. The number of carboxylic acid groups (broad SMARTS) is 1. The highest BCUT2D eigenvalue weighted by Crippen LogP contribution is 2.31. The molecule has 0 aliphatic heterocycles. The van der Waals surface area contributed by atoms with Gasteiger partial charge in [-0.2, -0.15) is 0 Å². The molecule has 1 heterocycles. The zero-order valence-electron chi connectivity index (χ0n) is 11.4. The fourth-order valence-corrected chi connectivity index (χ4v) is 1.94. The number of nitrogens with one attached hydrogen (secondary N) is 1. The van der Waals surface area contributed by atoms with Crippen LogP contribution in [0.15, 0.2) is 30.3 Å². The van der Waals surface area contributed by atoms with Crippen LogP contribution >= 0.6 is 11.6 Å². The van der Waals surface area contributed by atoms with Crippen LogP contribution in [-0.4, -0.2) is 30.3 Å². The van der Waals surface area contributed by atoms with E-state index >= 15 is 0 Å². The molecule has 110 valence electrons. The molecule has 0 atom stereocenters. The van der Waals surface area contributed by atoms with Crippen LogP contribution in [-0.2, 0) is 0 Å². The van der Waals surface area contributed by atoms with E-state index in [9.17, 15) is 4.79 Å². The van der Waals surface area contributed by atoms with Gasteiger partial charge >= 0.3 is 5.97 Å². The van der Waals surface area contributed by atoms with Crippen LogP contribution in [0.3, 0.4) is 0 Å². The van der Waals surface area contributed by atoms with Crippen molar-refractivity contribution in [2.45, 2.75) is 0 Å². The molecule has 7 heteroatoms. The summed E-state index contributed by atoms with van der Waals surface area (Å²) >= 11 is 5.82. The number of nitrogens with zero attached hydrogens (tertiary/aromatic N) is 1. The average molecular weight is 309 g/mol. The van der Waals surface area contributed by atoms with Gasteiger partial charge in [-0.1, -0.05) is 11.6 Å². The van der Waals surface area contributed by atoms with Gasteiger partial charge in [0, 0.05) is 6.07 Å². The lowest BCUT2D eigenvalue weighted by atomic mass is 10.2. The Morgan fingerprint density at radius 3 is 2.62 bits per heavy atom. The molecule has 2 aromatic rings. The van der Waals surface area contributed by atoms with E-state index in [1.807, 2.05) is 0 Å². The minimum absolute atomic E-state index is 0.0411. The van der Waals surface area contributed by atoms with Gasteiger partial charge in [0.2, 0.25) is 0 Å². The van der Waals surface area contributed by atoms with E-state index in [1.165, 1.54) is 19.2 Å². The van der Waals surface area contributed by atoms with Gasteiger partial charge in [-0.15, -0.1) is 0 Å². The third kappa shape index (κ3) is 3.55. The van der Waals surface area contributed by atoms with Gasteiger partial charge in [-0.3, -0.25) is 0 Å². The van der Waals surface area contributed by atoms with Crippen molar-refractivity contribution in [1.29, 1.82) is 0 Å². The number of methoxy groups -OCH3 is 2. The van der Waals surface area contributed by atoms with E-state index < -0.39 is 5.97 Å². The lowest BCUT2D eigenvalue weighted by molar-refractivity contribution is 0.0697. The van der Waals surface area contributed by atoms with Crippen LogP contribution in [0.1, 0.15) is 10.4 Å². The molecule has 1 aromatic carbocycles. The Kier molecular flexibility index (Phi) is 4.49.